The van der Waals surface area contributed by atoms with Gasteiger partial charge in [-0.2, -0.15) is 11.8 Å². The molecular formula is C12H28N2OS. The zero-order valence-corrected chi connectivity index (χ0v) is 11.9. The van der Waals surface area contributed by atoms with Crippen molar-refractivity contribution in [2.75, 3.05) is 57.9 Å². The van der Waals surface area contributed by atoms with Crippen molar-refractivity contribution in [1.82, 2.24) is 10.2 Å². The number of ether oxygens (including phenoxy) is 1. The summed E-state index contributed by atoms with van der Waals surface area (Å²) in [6.45, 7) is 10.9. The van der Waals surface area contributed by atoms with Crippen LogP contribution in [0.15, 0.2) is 0 Å². The van der Waals surface area contributed by atoms with E-state index in [2.05, 4.69) is 35.8 Å². The predicted molar refractivity (Wildman–Crippen MR) is 74.5 cm³/mol. The average Bonchev–Trinajstić information content (AvgIpc) is 2.32. The molecule has 0 unspecified atom stereocenters. The topological polar surface area (TPSA) is 24.5 Å². The zero-order chi connectivity index (χ0) is 12.1. The second-order valence-electron chi connectivity index (χ2n) is 3.74. The highest BCUT2D eigenvalue weighted by Crippen LogP contribution is 2.02. The van der Waals surface area contributed by atoms with Gasteiger partial charge in [-0.15, -0.1) is 0 Å². The van der Waals surface area contributed by atoms with Gasteiger partial charge >= 0.3 is 0 Å². The van der Waals surface area contributed by atoms with Crippen LogP contribution in [0.1, 0.15) is 20.3 Å². The second kappa shape index (κ2) is 13.3. The minimum Gasteiger partial charge on any atom is -0.383 e. The van der Waals surface area contributed by atoms with Crippen molar-refractivity contribution in [2.24, 2.45) is 0 Å². The third-order valence-corrected chi connectivity index (χ3v) is 3.62. The number of thioether (sulfide) groups is 1. The highest BCUT2D eigenvalue weighted by Gasteiger charge is 1.97. The van der Waals surface area contributed by atoms with Crippen LogP contribution in [0, 0.1) is 0 Å². The fourth-order valence-electron chi connectivity index (χ4n) is 1.43. The molecular weight excluding hydrogens is 220 g/mol. The molecule has 0 aromatic carbocycles. The molecule has 0 bridgehead atoms. The van der Waals surface area contributed by atoms with Crippen molar-refractivity contribution in [1.29, 1.82) is 0 Å². The Labute approximate surface area is 105 Å². The number of methoxy groups -OCH3 is 1. The zero-order valence-electron chi connectivity index (χ0n) is 11.1. The molecule has 4 heteroatoms. The van der Waals surface area contributed by atoms with Gasteiger partial charge in [0.2, 0.25) is 0 Å². The first-order valence-electron chi connectivity index (χ1n) is 6.34. The van der Waals surface area contributed by atoms with Crippen LogP contribution in [0.25, 0.3) is 0 Å². The Balaban J connectivity index is 3.03. The molecule has 0 aliphatic heterocycles. The molecule has 0 radical (unpaired) electrons. The van der Waals surface area contributed by atoms with Gasteiger partial charge in [0.05, 0.1) is 6.61 Å². The summed E-state index contributed by atoms with van der Waals surface area (Å²) in [5, 5.41) is 3.36. The lowest BCUT2D eigenvalue weighted by molar-refractivity contribution is 0.199. The van der Waals surface area contributed by atoms with E-state index in [9.17, 15) is 0 Å². The van der Waals surface area contributed by atoms with E-state index in [0.29, 0.717) is 0 Å². The summed E-state index contributed by atoms with van der Waals surface area (Å²) in [6.07, 6.45) is 1.26. The molecule has 0 saturated heterocycles. The summed E-state index contributed by atoms with van der Waals surface area (Å²) in [5.41, 5.74) is 0. The number of nitrogens with zero attached hydrogens (tertiary/aromatic N) is 1. The number of rotatable bonds is 12. The SMILES string of the molecule is CCN(CC)CCSCCCNCCOC. The maximum Gasteiger partial charge on any atom is 0.0587 e. The molecule has 0 amide bonds. The molecule has 0 aliphatic rings. The van der Waals surface area contributed by atoms with Gasteiger partial charge in [-0.25, -0.2) is 0 Å². The molecule has 0 rings (SSSR count). The van der Waals surface area contributed by atoms with Crippen LogP contribution >= 0.6 is 11.8 Å². The molecule has 3 nitrogen and oxygen atoms in total. The lowest BCUT2D eigenvalue weighted by Crippen LogP contribution is -2.25. The highest BCUT2D eigenvalue weighted by molar-refractivity contribution is 7.99. The van der Waals surface area contributed by atoms with Crippen LogP contribution in [0.5, 0.6) is 0 Å². The molecule has 1 N–H and O–H groups in total. The highest BCUT2D eigenvalue weighted by atomic mass is 32.2. The van der Waals surface area contributed by atoms with Crippen molar-refractivity contribution >= 4 is 11.8 Å². The Bertz CT molecular complexity index is 132. The van der Waals surface area contributed by atoms with Crippen molar-refractivity contribution in [3.63, 3.8) is 0 Å². The van der Waals surface area contributed by atoms with Gasteiger partial charge < -0.3 is 15.0 Å². The van der Waals surface area contributed by atoms with Gasteiger partial charge in [0, 0.05) is 26.0 Å². The smallest absolute Gasteiger partial charge is 0.0587 e. The third kappa shape index (κ3) is 10.7. The number of nitrogens with one attached hydrogen (secondary N) is 1. The summed E-state index contributed by atoms with van der Waals surface area (Å²) >= 11 is 2.06. The van der Waals surface area contributed by atoms with Crippen LogP contribution in [0.2, 0.25) is 0 Å². The quantitative estimate of drug-likeness (QED) is 0.531. The van der Waals surface area contributed by atoms with Crippen molar-refractivity contribution in [3.8, 4) is 0 Å². The van der Waals surface area contributed by atoms with E-state index in [4.69, 9.17) is 4.74 Å². The Kier molecular flexibility index (Phi) is 13.5. The van der Waals surface area contributed by atoms with E-state index < -0.39 is 0 Å². The van der Waals surface area contributed by atoms with E-state index in [1.54, 1.807) is 7.11 Å². The second-order valence-corrected chi connectivity index (χ2v) is 4.96. The van der Waals surface area contributed by atoms with Crippen LogP contribution in [-0.2, 0) is 4.74 Å². The molecule has 0 spiro atoms. The van der Waals surface area contributed by atoms with Gasteiger partial charge in [-0.3, -0.25) is 0 Å². The summed E-state index contributed by atoms with van der Waals surface area (Å²) in [7, 11) is 1.74. The van der Waals surface area contributed by atoms with E-state index in [0.717, 1.165) is 19.7 Å². The fraction of sp³-hybridized carbons (Fsp3) is 1.00. The van der Waals surface area contributed by atoms with Crippen molar-refractivity contribution in [3.05, 3.63) is 0 Å². The van der Waals surface area contributed by atoms with Gasteiger partial charge in [0.15, 0.2) is 0 Å². The number of hydrogen-bond donors (Lipinski definition) is 1. The van der Waals surface area contributed by atoms with Crippen molar-refractivity contribution < 1.29 is 4.74 Å². The monoisotopic (exact) mass is 248 g/mol. The first-order valence-corrected chi connectivity index (χ1v) is 7.50. The fourth-order valence-corrected chi connectivity index (χ4v) is 2.37. The van der Waals surface area contributed by atoms with E-state index in [-0.39, 0.29) is 0 Å². The van der Waals surface area contributed by atoms with Crippen LogP contribution in [0.3, 0.4) is 0 Å². The molecule has 0 saturated carbocycles. The standard InChI is InChI=1S/C12H28N2OS/c1-4-14(5-2)9-12-16-11-6-7-13-8-10-15-3/h13H,4-12H2,1-3H3. The maximum atomic E-state index is 4.96. The van der Waals surface area contributed by atoms with Crippen LogP contribution < -0.4 is 5.32 Å². The Hall–Kier alpha value is 0.230. The van der Waals surface area contributed by atoms with Gasteiger partial charge in [-0.1, -0.05) is 13.8 Å². The molecule has 0 aromatic heterocycles. The normalized spacial score (nSPS) is 11.2. The molecule has 0 aromatic rings. The minimum atomic E-state index is 0.815. The maximum absolute atomic E-state index is 4.96. The molecule has 98 valence electrons. The first-order chi connectivity index (χ1) is 7.85. The van der Waals surface area contributed by atoms with Gasteiger partial charge in [-0.05, 0) is 31.8 Å². The van der Waals surface area contributed by atoms with E-state index in [1.165, 1.54) is 37.6 Å². The van der Waals surface area contributed by atoms with Gasteiger partial charge in [0.25, 0.3) is 0 Å². The van der Waals surface area contributed by atoms with E-state index in [1.807, 2.05) is 0 Å². The lowest BCUT2D eigenvalue weighted by atomic mass is 10.5. The van der Waals surface area contributed by atoms with Gasteiger partial charge in [0.1, 0.15) is 0 Å². The van der Waals surface area contributed by atoms with Crippen molar-refractivity contribution in [2.45, 2.75) is 20.3 Å². The molecule has 0 atom stereocenters. The molecule has 16 heavy (non-hydrogen) atoms. The average molecular weight is 248 g/mol. The summed E-state index contributed by atoms with van der Waals surface area (Å²) in [5.74, 6) is 2.53. The van der Waals surface area contributed by atoms with Crippen LogP contribution in [0.4, 0.5) is 0 Å². The summed E-state index contributed by atoms with van der Waals surface area (Å²) in [6, 6.07) is 0. The largest absolute Gasteiger partial charge is 0.383 e. The molecule has 0 aliphatic carbocycles. The lowest BCUT2D eigenvalue weighted by Gasteiger charge is -2.17. The summed E-state index contributed by atoms with van der Waals surface area (Å²) < 4.78 is 4.96. The van der Waals surface area contributed by atoms with E-state index >= 15 is 0 Å². The minimum absolute atomic E-state index is 0.815. The first kappa shape index (κ1) is 16.2. The summed E-state index contributed by atoms with van der Waals surface area (Å²) in [4.78, 5) is 2.48. The Morgan fingerprint density at radius 2 is 1.88 bits per heavy atom. The Morgan fingerprint density at radius 1 is 1.12 bits per heavy atom. The van der Waals surface area contributed by atoms with Crippen LogP contribution in [-0.4, -0.2) is 62.8 Å². The Morgan fingerprint density at radius 3 is 2.50 bits per heavy atom. The number of hydrogen-bond acceptors (Lipinski definition) is 4. The molecule has 0 fully saturated rings. The third-order valence-electron chi connectivity index (χ3n) is 2.57. The predicted octanol–water partition coefficient (Wildman–Crippen LogP) is 1.69. The molecule has 0 heterocycles.